The molecule has 1 aliphatic heterocycles. The van der Waals surface area contributed by atoms with Crippen molar-refractivity contribution in [3.63, 3.8) is 0 Å². The number of morpholine rings is 1. The van der Waals surface area contributed by atoms with E-state index in [0.717, 1.165) is 5.56 Å². The number of pyridine rings is 1. The van der Waals surface area contributed by atoms with Crippen LogP contribution < -0.4 is 0 Å². The third-order valence-corrected chi connectivity index (χ3v) is 5.91. The van der Waals surface area contributed by atoms with Crippen molar-refractivity contribution < 1.29 is 13.2 Å². The highest BCUT2D eigenvalue weighted by Crippen LogP contribution is 2.23. The average Bonchev–Trinajstić information content (AvgIpc) is 3.20. The Hall–Kier alpha value is -2.62. The van der Waals surface area contributed by atoms with Gasteiger partial charge in [0.15, 0.2) is 16.7 Å². The molecule has 4 rings (SSSR count). The van der Waals surface area contributed by atoms with Crippen LogP contribution in [0.4, 0.5) is 0 Å². The number of sulfonamides is 1. The summed E-state index contributed by atoms with van der Waals surface area (Å²) in [5.74, 6) is 1.11. The van der Waals surface area contributed by atoms with E-state index in [1.165, 1.54) is 16.6 Å². The molecule has 0 saturated carbocycles. The number of benzene rings is 1. The molecule has 0 amide bonds. The van der Waals surface area contributed by atoms with Gasteiger partial charge in [0.25, 0.3) is 10.0 Å². The molecule has 0 unspecified atom stereocenters. The topological polar surface area (TPSA) is 101 Å². The molecule has 0 bridgehead atoms. The molecule has 1 saturated heterocycles. The number of aromatic amines is 1. The van der Waals surface area contributed by atoms with E-state index in [0.29, 0.717) is 43.5 Å². The van der Waals surface area contributed by atoms with Crippen LogP contribution in [0.1, 0.15) is 0 Å². The molecule has 26 heavy (non-hydrogen) atoms. The van der Waals surface area contributed by atoms with Crippen molar-refractivity contribution in [2.24, 2.45) is 0 Å². The summed E-state index contributed by atoms with van der Waals surface area (Å²) in [5, 5.41) is 8.27. The highest BCUT2D eigenvalue weighted by molar-refractivity contribution is 7.89. The van der Waals surface area contributed by atoms with Gasteiger partial charge in [-0.15, -0.1) is 10.2 Å². The fourth-order valence-electron chi connectivity index (χ4n) is 2.74. The van der Waals surface area contributed by atoms with Gasteiger partial charge in [0.05, 0.1) is 13.2 Å². The molecule has 9 heteroatoms. The number of nitrogens with one attached hydrogen (secondary N) is 1. The van der Waals surface area contributed by atoms with E-state index >= 15 is 0 Å². The number of H-pyrrole nitrogens is 1. The van der Waals surface area contributed by atoms with Crippen LogP contribution in [-0.2, 0) is 14.8 Å². The molecular weight excluding hydrogens is 354 g/mol. The van der Waals surface area contributed by atoms with E-state index in [9.17, 15) is 8.42 Å². The molecule has 0 atom stereocenters. The molecule has 0 radical (unpaired) electrons. The summed E-state index contributed by atoms with van der Waals surface area (Å²) in [6, 6.07) is 12.8. The summed E-state index contributed by atoms with van der Waals surface area (Å²) in [4.78, 5) is 7.17. The number of aromatic nitrogens is 4. The molecule has 1 N–H and O–H groups in total. The van der Waals surface area contributed by atoms with Crippen molar-refractivity contribution in [2.75, 3.05) is 26.3 Å². The van der Waals surface area contributed by atoms with Gasteiger partial charge >= 0.3 is 0 Å². The lowest BCUT2D eigenvalue weighted by Gasteiger charge is -2.25. The zero-order valence-corrected chi connectivity index (χ0v) is 14.7. The molecule has 1 fully saturated rings. The highest BCUT2D eigenvalue weighted by Gasteiger charge is 2.28. The summed E-state index contributed by atoms with van der Waals surface area (Å²) < 4.78 is 32.1. The maximum absolute atomic E-state index is 12.8. The van der Waals surface area contributed by atoms with Crippen molar-refractivity contribution in [1.29, 1.82) is 0 Å². The van der Waals surface area contributed by atoms with E-state index in [1.54, 1.807) is 6.07 Å². The van der Waals surface area contributed by atoms with Gasteiger partial charge in [-0.25, -0.2) is 13.4 Å². The van der Waals surface area contributed by atoms with Crippen molar-refractivity contribution in [2.45, 2.75) is 5.03 Å². The van der Waals surface area contributed by atoms with Crippen LogP contribution in [0, 0.1) is 0 Å². The van der Waals surface area contributed by atoms with Crippen LogP contribution >= 0.6 is 0 Å². The number of rotatable bonds is 4. The molecule has 3 heterocycles. The Morgan fingerprint density at radius 1 is 0.962 bits per heavy atom. The third-order valence-electron chi connectivity index (χ3n) is 4.12. The van der Waals surface area contributed by atoms with Crippen LogP contribution in [0.2, 0.25) is 0 Å². The van der Waals surface area contributed by atoms with Gasteiger partial charge in [0.2, 0.25) is 0 Å². The lowest BCUT2D eigenvalue weighted by Crippen LogP contribution is -2.40. The molecule has 1 aromatic carbocycles. The predicted octanol–water partition coefficient (Wildman–Crippen LogP) is 1.55. The van der Waals surface area contributed by atoms with Crippen LogP contribution in [0.15, 0.2) is 53.7 Å². The first-order valence-corrected chi connectivity index (χ1v) is 9.61. The summed E-state index contributed by atoms with van der Waals surface area (Å²) >= 11 is 0. The standard InChI is InChI=1S/C17H17N5O3S/c23-26(24,22-8-10-25-11-9-22)15-12-14(6-7-18-15)17-19-16(20-21-17)13-4-2-1-3-5-13/h1-7,12H,8-11H2,(H,19,20,21). The Labute approximate surface area is 150 Å². The van der Waals surface area contributed by atoms with Crippen LogP contribution in [0.5, 0.6) is 0 Å². The molecule has 3 aromatic rings. The van der Waals surface area contributed by atoms with Gasteiger partial charge in [-0.3, -0.25) is 0 Å². The second-order valence-electron chi connectivity index (χ2n) is 5.79. The third kappa shape index (κ3) is 3.24. The highest BCUT2D eigenvalue weighted by atomic mass is 32.2. The van der Waals surface area contributed by atoms with Crippen molar-refractivity contribution in [3.8, 4) is 22.8 Å². The fraction of sp³-hybridized carbons (Fsp3) is 0.235. The number of ether oxygens (including phenoxy) is 1. The molecule has 134 valence electrons. The van der Waals surface area contributed by atoms with Gasteiger partial charge < -0.3 is 9.72 Å². The monoisotopic (exact) mass is 371 g/mol. The summed E-state index contributed by atoms with van der Waals surface area (Å²) in [6.45, 7) is 1.44. The maximum atomic E-state index is 12.8. The minimum atomic E-state index is -3.66. The van der Waals surface area contributed by atoms with Gasteiger partial charge in [0.1, 0.15) is 0 Å². The van der Waals surface area contributed by atoms with Gasteiger partial charge in [-0.2, -0.15) is 4.31 Å². The predicted molar refractivity (Wildman–Crippen MR) is 94.6 cm³/mol. The van der Waals surface area contributed by atoms with Crippen molar-refractivity contribution in [1.82, 2.24) is 24.5 Å². The molecular formula is C17H17N5O3S. The first-order chi connectivity index (χ1) is 12.6. The number of hydrogen-bond donors (Lipinski definition) is 1. The van der Waals surface area contributed by atoms with E-state index in [4.69, 9.17) is 4.74 Å². The van der Waals surface area contributed by atoms with Crippen LogP contribution in [-0.4, -0.2) is 59.2 Å². The van der Waals surface area contributed by atoms with Gasteiger partial charge in [-0.1, -0.05) is 30.3 Å². The van der Waals surface area contributed by atoms with Crippen molar-refractivity contribution >= 4 is 10.0 Å². The zero-order valence-electron chi connectivity index (χ0n) is 13.9. The Morgan fingerprint density at radius 3 is 2.38 bits per heavy atom. The molecule has 1 aliphatic rings. The molecule has 0 aliphatic carbocycles. The van der Waals surface area contributed by atoms with E-state index in [2.05, 4.69) is 20.2 Å². The van der Waals surface area contributed by atoms with Crippen molar-refractivity contribution in [3.05, 3.63) is 48.7 Å². The number of hydrogen-bond acceptors (Lipinski definition) is 6. The van der Waals surface area contributed by atoms with Crippen LogP contribution in [0.25, 0.3) is 22.8 Å². The summed E-state index contributed by atoms with van der Waals surface area (Å²) in [7, 11) is -3.66. The molecule has 2 aromatic heterocycles. The number of nitrogens with zero attached hydrogens (tertiary/aromatic N) is 4. The average molecular weight is 371 g/mol. The Bertz CT molecular complexity index is 998. The Balaban J connectivity index is 1.65. The second-order valence-corrected chi connectivity index (χ2v) is 7.67. The fourth-order valence-corrected chi connectivity index (χ4v) is 4.10. The summed E-state index contributed by atoms with van der Waals surface area (Å²) in [5.41, 5.74) is 1.52. The lowest BCUT2D eigenvalue weighted by molar-refractivity contribution is 0.0729. The Kier molecular flexibility index (Phi) is 4.49. The first kappa shape index (κ1) is 16.8. The SMILES string of the molecule is O=S(=O)(c1cc(-c2nnc(-c3ccccc3)[nH]2)ccn1)N1CCOCC1. The summed E-state index contributed by atoms with van der Waals surface area (Å²) in [6.07, 6.45) is 1.47. The largest absolute Gasteiger partial charge is 0.379 e. The molecule has 8 nitrogen and oxygen atoms in total. The lowest BCUT2D eigenvalue weighted by atomic mass is 10.2. The van der Waals surface area contributed by atoms with E-state index < -0.39 is 10.0 Å². The minimum absolute atomic E-state index is 0.00504. The van der Waals surface area contributed by atoms with Crippen LogP contribution in [0.3, 0.4) is 0 Å². The van der Waals surface area contributed by atoms with E-state index in [1.807, 2.05) is 30.3 Å². The minimum Gasteiger partial charge on any atom is -0.379 e. The quantitative estimate of drug-likeness (QED) is 0.747. The first-order valence-electron chi connectivity index (χ1n) is 8.17. The maximum Gasteiger partial charge on any atom is 0.260 e. The zero-order chi connectivity index (χ0) is 18.0. The van der Waals surface area contributed by atoms with Gasteiger partial charge in [-0.05, 0) is 12.1 Å². The normalized spacial score (nSPS) is 15.8. The Morgan fingerprint density at radius 2 is 1.65 bits per heavy atom. The van der Waals surface area contributed by atoms with E-state index in [-0.39, 0.29) is 5.03 Å². The van der Waals surface area contributed by atoms with Gasteiger partial charge in [0, 0.05) is 30.4 Å². The second kappa shape index (κ2) is 6.94. The smallest absolute Gasteiger partial charge is 0.260 e. The molecule has 0 spiro atoms.